The number of rotatable bonds is 6. The fourth-order valence-electron chi connectivity index (χ4n) is 2.58. The fourth-order valence-corrected chi connectivity index (χ4v) is 2.70. The first-order valence-corrected chi connectivity index (χ1v) is 7.93. The maximum atomic E-state index is 12.4. The number of aliphatic hydroxyl groups excluding tert-OH is 1. The molecule has 0 bridgehead atoms. The Balaban J connectivity index is 1.93. The monoisotopic (exact) mass is 324 g/mol. The number of carbonyl (C=O) groups excluding carboxylic acids is 2. The van der Waals surface area contributed by atoms with Crippen LogP contribution in [-0.4, -0.2) is 36.1 Å². The Hall–Kier alpha value is -1.59. The molecule has 2 N–H and O–H groups in total. The number of anilines is 1. The zero-order valence-electron chi connectivity index (χ0n) is 12.6. The van der Waals surface area contributed by atoms with E-state index in [2.05, 4.69) is 5.32 Å². The van der Waals surface area contributed by atoms with Crippen molar-refractivity contribution in [1.29, 1.82) is 0 Å². The van der Waals surface area contributed by atoms with Gasteiger partial charge in [-0.3, -0.25) is 9.59 Å². The highest BCUT2D eigenvalue weighted by molar-refractivity contribution is 6.30. The number of nitrogens with one attached hydrogen (secondary N) is 1. The largest absolute Gasteiger partial charge is 0.391 e. The molecule has 1 aliphatic rings. The van der Waals surface area contributed by atoms with E-state index in [4.69, 9.17) is 11.6 Å². The van der Waals surface area contributed by atoms with E-state index in [1.807, 2.05) is 6.92 Å². The Morgan fingerprint density at radius 1 is 1.45 bits per heavy atom. The summed E-state index contributed by atoms with van der Waals surface area (Å²) in [6.07, 6.45) is 1.41. The van der Waals surface area contributed by atoms with Crippen LogP contribution in [0.4, 0.5) is 5.69 Å². The molecule has 22 heavy (non-hydrogen) atoms. The zero-order chi connectivity index (χ0) is 16.1. The minimum absolute atomic E-state index is 0.192. The van der Waals surface area contributed by atoms with E-state index in [-0.39, 0.29) is 18.4 Å². The average Bonchev–Trinajstić information content (AvgIpc) is 2.88. The summed E-state index contributed by atoms with van der Waals surface area (Å²) in [5.41, 5.74) is 0.746. The highest BCUT2D eigenvalue weighted by Crippen LogP contribution is 2.26. The molecule has 120 valence electrons. The molecular weight excluding hydrogens is 304 g/mol. The number of benzene rings is 1. The molecule has 5 nitrogen and oxygen atoms in total. The van der Waals surface area contributed by atoms with Gasteiger partial charge in [-0.25, -0.2) is 0 Å². The standard InChI is InChI=1S/C16H21ClN2O3/c1-2-3-13(20)10-18-15(21)14-8-9-19(16(14)22)12-6-4-11(17)5-7-12/h4-7,13-14,20H,2-3,8-10H2,1H3,(H,18,21). The van der Waals surface area contributed by atoms with Crippen molar-refractivity contribution >= 4 is 29.1 Å². The van der Waals surface area contributed by atoms with Crippen molar-refractivity contribution in [2.45, 2.75) is 32.3 Å². The lowest BCUT2D eigenvalue weighted by atomic mass is 10.1. The van der Waals surface area contributed by atoms with Gasteiger partial charge in [0.15, 0.2) is 0 Å². The molecule has 0 aromatic heterocycles. The molecule has 1 aliphatic heterocycles. The summed E-state index contributed by atoms with van der Waals surface area (Å²) in [7, 11) is 0. The first kappa shape index (κ1) is 16.8. The van der Waals surface area contributed by atoms with E-state index in [0.717, 1.165) is 12.1 Å². The SMILES string of the molecule is CCCC(O)CNC(=O)C1CCN(c2ccc(Cl)cc2)C1=O. The zero-order valence-corrected chi connectivity index (χ0v) is 13.3. The van der Waals surface area contributed by atoms with Crippen molar-refractivity contribution in [3.05, 3.63) is 29.3 Å². The second-order valence-electron chi connectivity index (χ2n) is 5.50. The molecule has 1 saturated heterocycles. The summed E-state index contributed by atoms with van der Waals surface area (Å²) in [6, 6.07) is 6.98. The summed E-state index contributed by atoms with van der Waals surface area (Å²) in [4.78, 5) is 26.1. The molecule has 1 aromatic carbocycles. The Bertz CT molecular complexity index is 533. The molecule has 2 amide bonds. The molecule has 0 radical (unpaired) electrons. The lowest BCUT2D eigenvalue weighted by Crippen LogP contribution is -2.40. The van der Waals surface area contributed by atoms with Crippen LogP contribution in [0, 0.1) is 5.92 Å². The van der Waals surface area contributed by atoms with E-state index < -0.39 is 12.0 Å². The van der Waals surface area contributed by atoms with Gasteiger partial charge in [-0.1, -0.05) is 24.9 Å². The minimum Gasteiger partial charge on any atom is -0.391 e. The van der Waals surface area contributed by atoms with Crippen molar-refractivity contribution in [2.75, 3.05) is 18.0 Å². The van der Waals surface area contributed by atoms with Gasteiger partial charge in [0.2, 0.25) is 11.8 Å². The molecule has 1 fully saturated rings. The quantitative estimate of drug-likeness (QED) is 0.786. The first-order chi connectivity index (χ1) is 10.5. The van der Waals surface area contributed by atoms with Gasteiger partial charge in [0.05, 0.1) is 6.10 Å². The van der Waals surface area contributed by atoms with Crippen LogP contribution in [0.25, 0.3) is 0 Å². The summed E-state index contributed by atoms with van der Waals surface area (Å²) in [6.45, 7) is 2.67. The number of carbonyl (C=O) groups is 2. The van der Waals surface area contributed by atoms with E-state index in [1.54, 1.807) is 29.2 Å². The number of aliphatic hydroxyl groups is 1. The van der Waals surface area contributed by atoms with Gasteiger partial charge in [0.1, 0.15) is 5.92 Å². The molecular formula is C16H21ClN2O3. The van der Waals surface area contributed by atoms with Gasteiger partial charge < -0.3 is 15.3 Å². The predicted molar refractivity (Wildman–Crippen MR) is 85.8 cm³/mol. The second-order valence-corrected chi connectivity index (χ2v) is 5.93. The smallest absolute Gasteiger partial charge is 0.239 e. The maximum absolute atomic E-state index is 12.4. The maximum Gasteiger partial charge on any atom is 0.239 e. The molecule has 1 aromatic rings. The third-order valence-electron chi connectivity index (χ3n) is 3.79. The Kier molecular flexibility index (Phi) is 5.80. The molecule has 0 saturated carbocycles. The van der Waals surface area contributed by atoms with Crippen molar-refractivity contribution in [1.82, 2.24) is 5.32 Å². The second kappa shape index (κ2) is 7.61. The normalized spacial score (nSPS) is 19.3. The predicted octanol–water partition coefficient (Wildman–Crippen LogP) is 1.97. The Morgan fingerprint density at radius 2 is 2.14 bits per heavy atom. The molecule has 2 atom stereocenters. The van der Waals surface area contributed by atoms with Crippen LogP contribution in [0.5, 0.6) is 0 Å². The Labute approximate surface area is 135 Å². The van der Waals surface area contributed by atoms with Crippen molar-refractivity contribution in [2.24, 2.45) is 5.92 Å². The number of hydrogen-bond donors (Lipinski definition) is 2. The number of halogens is 1. The first-order valence-electron chi connectivity index (χ1n) is 7.55. The van der Waals surface area contributed by atoms with Gasteiger partial charge in [0, 0.05) is 23.8 Å². The average molecular weight is 325 g/mol. The van der Waals surface area contributed by atoms with Crippen LogP contribution in [0.2, 0.25) is 5.02 Å². The van der Waals surface area contributed by atoms with Crippen LogP contribution in [0.15, 0.2) is 24.3 Å². The summed E-state index contributed by atoms with van der Waals surface area (Å²) < 4.78 is 0. The summed E-state index contributed by atoms with van der Waals surface area (Å²) in [5, 5.41) is 12.9. The van der Waals surface area contributed by atoms with E-state index in [0.29, 0.717) is 24.4 Å². The third-order valence-corrected chi connectivity index (χ3v) is 4.05. The van der Waals surface area contributed by atoms with Crippen LogP contribution in [-0.2, 0) is 9.59 Å². The Morgan fingerprint density at radius 3 is 2.77 bits per heavy atom. The molecule has 2 unspecified atom stereocenters. The van der Waals surface area contributed by atoms with E-state index in [9.17, 15) is 14.7 Å². The van der Waals surface area contributed by atoms with Gasteiger partial charge in [-0.15, -0.1) is 0 Å². The number of nitrogens with zero attached hydrogens (tertiary/aromatic N) is 1. The fraction of sp³-hybridized carbons (Fsp3) is 0.500. The van der Waals surface area contributed by atoms with Crippen LogP contribution < -0.4 is 10.2 Å². The topological polar surface area (TPSA) is 69.6 Å². The number of hydrogen-bond acceptors (Lipinski definition) is 3. The van der Waals surface area contributed by atoms with Gasteiger partial charge in [0.25, 0.3) is 0 Å². The third kappa shape index (κ3) is 3.99. The van der Waals surface area contributed by atoms with E-state index >= 15 is 0 Å². The molecule has 1 heterocycles. The molecule has 0 spiro atoms. The van der Waals surface area contributed by atoms with Crippen molar-refractivity contribution < 1.29 is 14.7 Å². The van der Waals surface area contributed by atoms with Crippen LogP contribution >= 0.6 is 11.6 Å². The minimum atomic E-state index is -0.676. The van der Waals surface area contributed by atoms with E-state index in [1.165, 1.54) is 0 Å². The highest BCUT2D eigenvalue weighted by Gasteiger charge is 2.37. The van der Waals surface area contributed by atoms with Crippen molar-refractivity contribution in [3.63, 3.8) is 0 Å². The molecule has 0 aliphatic carbocycles. The lowest BCUT2D eigenvalue weighted by molar-refractivity contribution is -0.132. The van der Waals surface area contributed by atoms with Crippen LogP contribution in [0.3, 0.4) is 0 Å². The summed E-state index contributed by atoms with van der Waals surface area (Å²) in [5.74, 6) is -1.19. The van der Waals surface area contributed by atoms with Crippen molar-refractivity contribution in [3.8, 4) is 0 Å². The van der Waals surface area contributed by atoms with Crippen LogP contribution in [0.1, 0.15) is 26.2 Å². The lowest BCUT2D eigenvalue weighted by Gasteiger charge is -2.17. The van der Waals surface area contributed by atoms with Gasteiger partial charge in [-0.05, 0) is 37.1 Å². The molecule has 2 rings (SSSR count). The molecule has 6 heteroatoms. The summed E-state index contributed by atoms with van der Waals surface area (Å²) >= 11 is 5.84. The van der Waals surface area contributed by atoms with Gasteiger partial charge in [-0.2, -0.15) is 0 Å². The number of amides is 2. The highest BCUT2D eigenvalue weighted by atomic mass is 35.5. The van der Waals surface area contributed by atoms with Gasteiger partial charge >= 0.3 is 0 Å².